The maximum Gasteiger partial charge on any atom is 0.293 e. The van der Waals surface area contributed by atoms with Crippen LogP contribution < -0.4 is 16.2 Å². The molecule has 4 rings (SSSR count). The summed E-state index contributed by atoms with van der Waals surface area (Å²) in [5.41, 5.74) is -0.685. The van der Waals surface area contributed by atoms with Crippen molar-refractivity contribution in [3.63, 3.8) is 0 Å². The predicted octanol–water partition coefficient (Wildman–Crippen LogP) is 3.16. The van der Waals surface area contributed by atoms with Gasteiger partial charge in [-0.2, -0.15) is 0 Å². The number of aromatic nitrogens is 2. The molecule has 0 aliphatic heterocycles. The molecular formula is C22H16N5O7P. The van der Waals surface area contributed by atoms with Gasteiger partial charge in [-0.25, -0.2) is 4.98 Å². The van der Waals surface area contributed by atoms with Gasteiger partial charge in [-0.15, -0.1) is 0 Å². The minimum atomic E-state index is -3.98. The smallest absolute Gasteiger partial charge is 0.293 e. The molecule has 0 bridgehead atoms. The maximum atomic E-state index is 13.1. The fourth-order valence-electron chi connectivity index (χ4n) is 3.31. The van der Waals surface area contributed by atoms with Crippen LogP contribution in [0.3, 0.4) is 0 Å². The number of hydrogen-bond acceptors (Lipinski definition) is 7. The van der Waals surface area contributed by atoms with E-state index in [0.717, 1.165) is 18.2 Å². The van der Waals surface area contributed by atoms with Crippen molar-refractivity contribution < 1.29 is 24.1 Å². The molecule has 35 heavy (non-hydrogen) atoms. The third kappa shape index (κ3) is 4.83. The van der Waals surface area contributed by atoms with Gasteiger partial charge in [-0.1, -0.05) is 18.2 Å². The highest BCUT2D eigenvalue weighted by Gasteiger charge is 2.29. The maximum absolute atomic E-state index is 13.1. The molecule has 1 heterocycles. The first kappa shape index (κ1) is 23.5. The van der Waals surface area contributed by atoms with Crippen LogP contribution in [0.2, 0.25) is 0 Å². The number of nitro groups is 2. The first-order chi connectivity index (χ1) is 16.7. The van der Waals surface area contributed by atoms with Gasteiger partial charge < -0.3 is 10.2 Å². The first-order valence-electron chi connectivity index (χ1n) is 9.95. The van der Waals surface area contributed by atoms with E-state index >= 15 is 0 Å². The summed E-state index contributed by atoms with van der Waals surface area (Å²) in [5, 5.41) is 24.9. The Morgan fingerprint density at radius 1 is 0.943 bits per heavy atom. The molecule has 176 valence electrons. The highest BCUT2D eigenvalue weighted by atomic mass is 31.2. The largest absolute Gasteiger partial charge is 0.336 e. The molecule has 2 N–H and O–H groups in total. The summed E-state index contributed by atoms with van der Waals surface area (Å²) in [4.78, 5) is 47.8. The SMILES string of the molecule is O=C(Nc1ccc(-n2ccnc2P(=O)(O)c2ccccc2)cc1)c1cc([N+](=O)[O-])cc([N+](=O)[O-])c1. The molecule has 1 atom stereocenters. The van der Waals surface area contributed by atoms with Crippen LogP contribution in [0.4, 0.5) is 17.1 Å². The number of hydrogen-bond donors (Lipinski definition) is 2. The van der Waals surface area contributed by atoms with Crippen molar-refractivity contribution in [3.8, 4) is 5.69 Å². The summed E-state index contributed by atoms with van der Waals surface area (Å²) in [5.74, 6) is -0.781. The van der Waals surface area contributed by atoms with Gasteiger partial charge in [-0.05, 0) is 36.4 Å². The zero-order chi connectivity index (χ0) is 25.2. The lowest BCUT2D eigenvalue weighted by Gasteiger charge is -2.14. The molecule has 0 aliphatic carbocycles. The van der Waals surface area contributed by atoms with E-state index in [-0.39, 0.29) is 16.4 Å². The Balaban J connectivity index is 1.59. The predicted molar refractivity (Wildman–Crippen MR) is 127 cm³/mol. The number of rotatable bonds is 7. The fraction of sp³-hybridized carbons (Fsp3) is 0. The third-order valence-electron chi connectivity index (χ3n) is 4.99. The number of anilines is 1. The van der Waals surface area contributed by atoms with E-state index in [9.17, 15) is 34.5 Å². The molecule has 0 aliphatic rings. The standard InChI is InChI=1S/C22H16N5O7P/c28-21(15-12-18(26(29)30)14-19(13-15)27(31)32)24-16-6-8-17(9-7-16)25-11-10-23-22(25)35(33,34)20-4-2-1-3-5-20/h1-14H,(H,24,28)(H,33,34). The average Bonchev–Trinajstić information content (AvgIpc) is 3.35. The van der Waals surface area contributed by atoms with Gasteiger partial charge in [0.1, 0.15) is 0 Å². The first-order valence-corrected chi connectivity index (χ1v) is 11.6. The zero-order valence-corrected chi connectivity index (χ0v) is 18.6. The summed E-state index contributed by atoms with van der Waals surface area (Å²) in [6, 6.07) is 16.9. The second-order valence-corrected chi connectivity index (χ2v) is 9.33. The molecule has 0 spiro atoms. The lowest BCUT2D eigenvalue weighted by Crippen LogP contribution is -2.24. The molecule has 0 saturated heterocycles. The summed E-state index contributed by atoms with van der Waals surface area (Å²) >= 11 is 0. The second kappa shape index (κ2) is 9.29. The van der Waals surface area contributed by atoms with Crippen LogP contribution in [-0.4, -0.2) is 30.2 Å². The van der Waals surface area contributed by atoms with Crippen molar-refractivity contribution in [2.75, 3.05) is 5.32 Å². The Labute approximate surface area is 197 Å². The molecule has 13 heteroatoms. The van der Waals surface area contributed by atoms with Crippen LogP contribution in [0.25, 0.3) is 5.69 Å². The number of carbonyl (C=O) groups excluding carboxylic acids is 1. The molecule has 1 amide bonds. The van der Waals surface area contributed by atoms with Crippen LogP contribution in [0.15, 0.2) is 85.2 Å². The Morgan fingerprint density at radius 2 is 1.54 bits per heavy atom. The molecule has 0 radical (unpaired) electrons. The Kier molecular flexibility index (Phi) is 6.24. The lowest BCUT2D eigenvalue weighted by atomic mass is 10.1. The summed E-state index contributed by atoms with van der Waals surface area (Å²) < 4.78 is 14.6. The fourth-order valence-corrected chi connectivity index (χ4v) is 4.82. The molecule has 12 nitrogen and oxygen atoms in total. The van der Waals surface area contributed by atoms with Crippen molar-refractivity contribution in [1.82, 2.24) is 9.55 Å². The number of nitrogens with one attached hydrogen (secondary N) is 1. The quantitative estimate of drug-likeness (QED) is 0.225. The van der Waals surface area contributed by atoms with Gasteiger partial charge in [0.2, 0.25) is 5.57 Å². The molecular weight excluding hydrogens is 477 g/mol. The Bertz CT molecular complexity index is 1450. The highest BCUT2D eigenvalue weighted by Crippen LogP contribution is 2.37. The van der Waals surface area contributed by atoms with Crippen LogP contribution in [0.1, 0.15) is 10.4 Å². The number of imidazole rings is 1. The number of carbonyl (C=O) groups is 1. The van der Waals surface area contributed by atoms with Gasteiger partial charge in [-0.3, -0.25) is 34.2 Å². The van der Waals surface area contributed by atoms with E-state index in [1.807, 2.05) is 0 Å². The number of nitrogens with zero attached hydrogens (tertiary/aromatic N) is 4. The average molecular weight is 493 g/mol. The minimum Gasteiger partial charge on any atom is -0.336 e. The topological polar surface area (TPSA) is 170 Å². The van der Waals surface area contributed by atoms with Crippen LogP contribution >= 0.6 is 7.37 Å². The third-order valence-corrected chi connectivity index (χ3v) is 6.86. The zero-order valence-electron chi connectivity index (χ0n) is 17.7. The van der Waals surface area contributed by atoms with Crippen LogP contribution in [0, 0.1) is 20.2 Å². The Hall–Kier alpha value is -4.67. The molecule has 1 aromatic heterocycles. The van der Waals surface area contributed by atoms with Crippen molar-refractivity contribution in [3.05, 3.63) is 111 Å². The van der Waals surface area contributed by atoms with Gasteiger partial charge in [0.25, 0.3) is 24.7 Å². The van der Waals surface area contributed by atoms with Gasteiger partial charge in [0.05, 0.1) is 21.5 Å². The number of non-ortho nitro benzene ring substituents is 2. The second-order valence-electron chi connectivity index (χ2n) is 7.26. The van der Waals surface area contributed by atoms with Crippen LogP contribution in [-0.2, 0) is 4.57 Å². The van der Waals surface area contributed by atoms with E-state index in [1.165, 1.54) is 41.2 Å². The van der Waals surface area contributed by atoms with Gasteiger partial charge >= 0.3 is 0 Å². The molecule has 4 aromatic rings. The summed E-state index contributed by atoms with van der Waals surface area (Å²) in [6.07, 6.45) is 2.92. The number of amides is 1. The van der Waals surface area contributed by atoms with E-state index in [1.54, 1.807) is 30.3 Å². The summed E-state index contributed by atoms with van der Waals surface area (Å²) in [7, 11) is -3.98. The summed E-state index contributed by atoms with van der Waals surface area (Å²) in [6.45, 7) is 0. The lowest BCUT2D eigenvalue weighted by molar-refractivity contribution is -0.394. The van der Waals surface area contributed by atoms with E-state index in [4.69, 9.17) is 0 Å². The molecule has 3 aromatic carbocycles. The van der Waals surface area contributed by atoms with Crippen molar-refractivity contribution in [2.45, 2.75) is 0 Å². The van der Waals surface area contributed by atoms with Gasteiger partial charge in [0.15, 0.2) is 0 Å². The van der Waals surface area contributed by atoms with Crippen LogP contribution in [0.5, 0.6) is 0 Å². The van der Waals surface area contributed by atoms with Gasteiger partial charge in [0, 0.05) is 41.2 Å². The minimum absolute atomic E-state index is 0.0515. The molecule has 1 unspecified atom stereocenters. The monoisotopic (exact) mass is 493 g/mol. The van der Waals surface area contributed by atoms with Crippen molar-refractivity contribution in [1.29, 1.82) is 0 Å². The van der Waals surface area contributed by atoms with Crippen molar-refractivity contribution >= 4 is 41.2 Å². The van der Waals surface area contributed by atoms with Crippen molar-refractivity contribution in [2.24, 2.45) is 0 Å². The van der Waals surface area contributed by atoms with E-state index in [2.05, 4.69) is 10.3 Å². The highest BCUT2D eigenvalue weighted by molar-refractivity contribution is 7.73. The van der Waals surface area contributed by atoms with E-state index in [0.29, 0.717) is 11.4 Å². The Morgan fingerprint density at radius 3 is 2.11 bits per heavy atom. The normalized spacial score (nSPS) is 12.5. The molecule has 0 saturated carbocycles. The number of benzene rings is 3. The number of nitro benzene ring substituents is 2. The molecule has 0 fully saturated rings. The van der Waals surface area contributed by atoms with E-state index < -0.39 is 34.5 Å².